The molecule has 8 heteroatoms. The zero-order valence-corrected chi connectivity index (χ0v) is 30.7. The van der Waals surface area contributed by atoms with E-state index in [1.54, 1.807) is 6.92 Å². The van der Waals surface area contributed by atoms with Gasteiger partial charge in [-0.2, -0.15) is 0 Å². The number of carbonyl (C=O) groups excluding carboxylic acids is 2. The summed E-state index contributed by atoms with van der Waals surface area (Å²) in [4.78, 5) is 27.4. The Morgan fingerprint density at radius 1 is 0.731 bits per heavy atom. The molecule has 3 unspecified atom stereocenters. The fourth-order valence-corrected chi connectivity index (χ4v) is 13.0. The van der Waals surface area contributed by atoms with E-state index in [9.17, 15) is 9.59 Å². The van der Waals surface area contributed by atoms with Crippen LogP contribution >= 0.6 is 7.37 Å². The zero-order chi connectivity index (χ0) is 35.7. The summed E-state index contributed by atoms with van der Waals surface area (Å²) in [6, 6.07) is 35.8. The van der Waals surface area contributed by atoms with Crippen molar-refractivity contribution < 1.29 is 28.2 Å². The van der Waals surface area contributed by atoms with Gasteiger partial charge >= 0.3 is 12.1 Å². The number of rotatable bonds is 13. The van der Waals surface area contributed by atoms with E-state index in [1.165, 1.54) is 19.3 Å². The van der Waals surface area contributed by atoms with Crippen LogP contribution in [0.5, 0.6) is 0 Å². The molecule has 4 aromatic rings. The van der Waals surface area contributed by atoms with E-state index in [0.717, 1.165) is 52.6 Å². The van der Waals surface area contributed by atoms with Crippen LogP contribution in [-0.2, 0) is 36.4 Å². The number of nitrogens with one attached hydrogen (secondary N) is 1. The van der Waals surface area contributed by atoms with Crippen LogP contribution in [0.3, 0.4) is 0 Å². The van der Waals surface area contributed by atoms with Crippen molar-refractivity contribution in [1.82, 2.24) is 5.32 Å². The molecule has 0 spiro atoms. The highest BCUT2D eigenvalue weighted by Gasteiger charge is 2.55. The molecular weight excluding hydrogens is 669 g/mol. The van der Waals surface area contributed by atoms with Crippen molar-refractivity contribution in [3.8, 4) is 11.1 Å². The lowest BCUT2D eigenvalue weighted by Gasteiger charge is -2.57. The van der Waals surface area contributed by atoms with Gasteiger partial charge in [-0.1, -0.05) is 116 Å². The second kappa shape index (κ2) is 14.7. The Bertz CT molecular complexity index is 1870. The van der Waals surface area contributed by atoms with Crippen molar-refractivity contribution in [2.45, 2.75) is 75.8 Å². The third kappa shape index (κ3) is 7.36. The van der Waals surface area contributed by atoms with Crippen molar-refractivity contribution in [3.05, 3.63) is 131 Å². The number of fused-ring (bicyclic) bond motifs is 3. The van der Waals surface area contributed by atoms with Crippen LogP contribution in [0.2, 0.25) is 0 Å². The summed E-state index contributed by atoms with van der Waals surface area (Å²) in [6.07, 6.45) is 5.85. The molecule has 0 heterocycles. The summed E-state index contributed by atoms with van der Waals surface area (Å²) in [5.41, 5.74) is 5.82. The summed E-state index contributed by atoms with van der Waals surface area (Å²) >= 11 is 0. The number of esters is 1. The number of hydrogen-bond acceptors (Lipinski definition) is 6. The lowest BCUT2D eigenvalue weighted by molar-refractivity contribution is -0.148. The average molecular weight is 718 g/mol. The predicted octanol–water partition coefficient (Wildman–Crippen LogP) is 9.74. The maximum atomic E-state index is 15.8. The molecule has 0 radical (unpaired) electrons. The second-order valence-electron chi connectivity index (χ2n) is 15.8. The molecule has 4 aromatic carbocycles. The molecule has 0 aromatic heterocycles. The van der Waals surface area contributed by atoms with Gasteiger partial charge in [-0.15, -0.1) is 0 Å². The molecule has 4 fully saturated rings. The number of alkyl carbamates (subject to hydrolysis) is 1. The molecular formula is C44H48NO6P. The summed E-state index contributed by atoms with van der Waals surface area (Å²) in [6.45, 7) is 2.03. The second-order valence-corrected chi connectivity index (χ2v) is 18.4. The molecule has 270 valence electrons. The van der Waals surface area contributed by atoms with Crippen molar-refractivity contribution >= 4 is 19.4 Å². The molecule has 5 aliphatic rings. The van der Waals surface area contributed by atoms with E-state index < -0.39 is 36.7 Å². The van der Waals surface area contributed by atoms with Crippen molar-refractivity contribution in [2.75, 3.05) is 12.8 Å². The summed E-state index contributed by atoms with van der Waals surface area (Å²) in [5.74, 6) is -0.464. The van der Waals surface area contributed by atoms with Crippen LogP contribution in [0.25, 0.3) is 11.1 Å². The topological polar surface area (TPSA) is 90.9 Å². The maximum absolute atomic E-state index is 15.8. The number of carbonyl (C=O) groups is 2. The largest absolute Gasteiger partial charge is 0.461 e. The zero-order valence-electron chi connectivity index (χ0n) is 29.8. The number of hydrogen-bond donors (Lipinski definition) is 1. The molecule has 7 nitrogen and oxygen atoms in total. The quantitative estimate of drug-likeness (QED) is 0.109. The third-order valence-electron chi connectivity index (χ3n) is 11.9. The number of amides is 1. The van der Waals surface area contributed by atoms with Crippen LogP contribution in [0.1, 0.15) is 73.6 Å². The van der Waals surface area contributed by atoms with Gasteiger partial charge in [0.05, 0.1) is 11.5 Å². The Labute approximate surface area is 306 Å². The summed E-state index contributed by atoms with van der Waals surface area (Å²) in [5, 5.41) is 3.06. The van der Waals surface area contributed by atoms with Gasteiger partial charge in [0.25, 0.3) is 0 Å². The van der Waals surface area contributed by atoms with Crippen molar-refractivity contribution in [2.24, 2.45) is 23.7 Å². The van der Waals surface area contributed by atoms with E-state index in [0.29, 0.717) is 17.8 Å². The minimum atomic E-state index is -3.77. The lowest BCUT2D eigenvalue weighted by atomic mass is 9.54. The minimum absolute atomic E-state index is 0.0382. The smallest absolute Gasteiger partial charge is 0.407 e. The molecule has 4 saturated carbocycles. The first kappa shape index (κ1) is 34.9. The molecule has 52 heavy (non-hydrogen) atoms. The van der Waals surface area contributed by atoms with Gasteiger partial charge in [-0.05, 0) is 89.7 Å². The van der Waals surface area contributed by atoms with Gasteiger partial charge in [0.2, 0.25) is 7.37 Å². The highest BCUT2D eigenvalue weighted by atomic mass is 31.2. The van der Waals surface area contributed by atoms with Gasteiger partial charge in [0.1, 0.15) is 19.0 Å². The van der Waals surface area contributed by atoms with E-state index in [1.807, 2.05) is 84.9 Å². The SMILES string of the molecule is CC(CP(=O)(OC12CC3CC(CC(C3)C1)C2)C(Cc1ccccc1)NC(=O)OCC1c2ccccc2-c2ccccc21)C(=O)OCc1ccccc1. The first-order valence-corrected chi connectivity index (χ1v) is 20.8. The number of ether oxygens (including phenoxy) is 2. The van der Waals surface area contributed by atoms with Crippen LogP contribution < -0.4 is 5.32 Å². The average Bonchev–Trinajstić information content (AvgIpc) is 3.46. The molecule has 4 bridgehead atoms. The van der Waals surface area contributed by atoms with Crippen molar-refractivity contribution in [1.29, 1.82) is 0 Å². The molecule has 3 atom stereocenters. The van der Waals surface area contributed by atoms with Gasteiger partial charge in [0, 0.05) is 18.5 Å². The van der Waals surface area contributed by atoms with Crippen LogP contribution in [0, 0.1) is 23.7 Å². The third-order valence-corrected chi connectivity index (χ3v) is 14.9. The van der Waals surface area contributed by atoms with E-state index >= 15 is 4.57 Å². The maximum Gasteiger partial charge on any atom is 0.407 e. The van der Waals surface area contributed by atoms with Crippen LogP contribution in [0.15, 0.2) is 109 Å². The molecule has 0 aliphatic heterocycles. The first-order chi connectivity index (χ1) is 25.3. The van der Waals surface area contributed by atoms with Crippen molar-refractivity contribution in [3.63, 3.8) is 0 Å². The Morgan fingerprint density at radius 2 is 1.25 bits per heavy atom. The van der Waals surface area contributed by atoms with E-state index in [2.05, 4.69) is 29.6 Å². The molecule has 9 rings (SSSR count). The lowest BCUT2D eigenvalue weighted by Crippen LogP contribution is -2.52. The van der Waals surface area contributed by atoms with Crippen LogP contribution in [0.4, 0.5) is 4.79 Å². The minimum Gasteiger partial charge on any atom is -0.461 e. The van der Waals surface area contributed by atoms with E-state index in [-0.39, 0.29) is 31.7 Å². The highest BCUT2D eigenvalue weighted by Crippen LogP contribution is 2.65. The van der Waals surface area contributed by atoms with Gasteiger partial charge < -0.3 is 19.3 Å². The fraction of sp³-hybridized carbons (Fsp3) is 0.409. The monoisotopic (exact) mass is 717 g/mol. The molecule has 0 saturated heterocycles. The highest BCUT2D eigenvalue weighted by molar-refractivity contribution is 7.59. The first-order valence-electron chi connectivity index (χ1n) is 18.9. The Kier molecular flexibility index (Phi) is 9.84. The van der Waals surface area contributed by atoms with Gasteiger partial charge in [0.15, 0.2) is 0 Å². The van der Waals surface area contributed by atoms with Gasteiger partial charge in [-0.3, -0.25) is 9.36 Å². The predicted molar refractivity (Wildman–Crippen MR) is 202 cm³/mol. The standard InChI is InChI=1S/C44H48NO6P/c1-30(42(46)49-27-32-14-6-3-7-15-32)29-52(48,51-44-24-33-20-34(25-44)22-35(21-33)26-44)41(23-31-12-4-2-5-13-31)45-43(47)50-28-40-38-18-10-8-16-36(38)37-17-9-11-19-39(37)40/h2-19,30,33-35,40-41H,20-29H2,1H3,(H,45,47). The summed E-state index contributed by atoms with van der Waals surface area (Å²) < 4.78 is 34.7. The Hall–Kier alpha value is -4.19. The fourth-order valence-electron chi connectivity index (χ4n) is 9.93. The molecule has 1 amide bonds. The Morgan fingerprint density at radius 3 is 1.83 bits per heavy atom. The van der Waals surface area contributed by atoms with Crippen LogP contribution in [-0.4, -0.2) is 36.2 Å². The Balaban J connectivity index is 1.06. The summed E-state index contributed by atoms with van der Waals surface area (Å²) in [7, 11) is -3.77. The molecule has 5 aliphatic carbocycles. The van der Waals surface area contributed by atoms with E-state index in [4.69, 9.17) is 14.0 Å². The van der Waals surface area contributed by atoms with Gasteiger partial charge in [-0.25, -0.2) is 4.79 Å². The normalized spacial score (nSPS) is 25.0. The number of benzene rings is 4. The molecule has 1 N–H and O–H groups in total.